The molecule has 0 spiro atoms. The van der Waals surface area contributed by atoms with Crippen molar-refractivity contribution in [3.05, 3.63) is 77.0 Å². The number of nitrogens with one attached hydrogen (secondary N) is 1. The summed E-state index contributed by atoms with van der Waals surface area (Å²) >= 11 is 0. The number of imide groups is 1. The zero-order valence-electron chi connectivity index (χ0n) is 21.1. The molecule has 1 fully saturated rings. The molecule has 2 aliphatic rings. The summed E-state index contributed by atoms with van der Waals surface area (Å²) in [6.07, 6.45) is 0.744. The predicted molar refractivity (Wildman–Crippen MR) is 141 cm³/mol. The van der Waals surface area contributed by atoms with Crippen molar-refractivity contribution < 1.29 is 14.4 Å². The Bertz CT molecular complexity index is 1300. The van der Waals surface area contributed by atoms with Crippen molar-refractivity contribution >= 4 is 35.2 Å². The maximum Gasteiger partial charge on any atom is 0.261 e. The van der Waals surface area contributed by atoms with Crippen LogP contribution in [0.4, 0.5) is 17.5 Å². The highest BCUT2D eigenvalue weighted by Gasteiger charge is 2.34. The average Bonchev–Trinajstić information content (AvgIpc) is 3.15. The number of hydrogen-bond acceptors (Lipinski definition) is 7. The van der Waals surface area contributed by atoms with E-state index in [2.05, 4.69) is 15.2 Å². The first-order valence-corrected chi connectivity index (χ1v) is 12.6. The summed E-state index contributed by atoms with van der Waals surface area (Å²) in [6, 6.07) is 16.9. The minimum Gasteiger partial charge on any atom is -0.353 e. The highest BCUT2D eigenvalue weighted by atomic mass is 16.2. The van der Waals surface area contributed by atoms with Gasteiger partial charge >= 0.3 is 0 Å². The van der Waals surface area contributed by atoms with Gasteiger partial charge in [0.1, 0.15) is 5.82 Å². The van der Waals surface area contributed by atoms with E-state index in [0.29, 0.717) is 56.1 Å². The van der Waals surface area contributed by atoms with Gasteiger partial charge in [-0.2, -0.15) is 4.98 Å². The van der Waals surface area contributed by atoms with Crippen LogP contribution in [0.2, 0.25) is 0 Å². The summed E-state index contributed by atoms with van der Waals surface area (Å²) in [7, 11) is 0. The lowest BCUT2D eigenvalue weighted by Gasteiger charge is -2.35. The van der Waals surface area contributed by atoms with E-state index in [1.165, 1.54) is 10.5 Å². The monoisotopic (exact) mass is 498 g/mol. The summed E-state index contributed by atoms with van der Waals surface area (Å²) in [6.45, 7) is 6.76. The number of carbonyl (C=O) groups excluding carboxylic acids is 3. The van der Waals surface area contributed by atoms with Gasteiger partial charge in [-0.1, -0.05) is 29.8 Å². The highest BCUT2D eigenvalue weighted by Crippen LogP contribution is 2.23. The van der Waals surface area contributed by atoms with Crippen molar-refractivity contribution in [3.63, 3.8) is 0 Å². The summed E-state index contributed by atoms with van der Waals surface area (Å²) in [5.41, 5.74) is 3.86. The first-order chi connectivity index (χ1) is 17.9. The van der Waals surface area contributed by atoms with Crippen molar-refractivity contribution in [1.82, 2.24) is 19.8 Å². The Balaban J connectivity index is 1.12. The summed E-state index contributed by atoms with van der Waals surface area (Å²) in [5.74, 6) is 0.860. The van der Waals surface area contributed by atoms with E-state index in [9.17, 15) is 14.4 Å². The van der Waals surface area contributed by atoms with Crippen LogP contribution < -0.4 is 10.2 Å². The van der Waals surface area contributed by atoms with Gasteiger partial charge in [-0.25, -0.2) is 4.98 Å². The van der Waals surface area contributed by atoms with Gasteiger partial charge in [0.05, 0.1) is 11.1 Å². The number of aromatic nitrogens is 2. The quantitative estimate of drug-likeness (QED) is 0.497. The Morgan fingerprint density at radius 3 is 2.19 bits per heavy atom. The molecule has 3 aromatic rings. The molecule has 1 aromatic heterocycles. The van der Waals surface area contributed by atoms with E-state index >= 15 is 0 Å². The second-order valence-electron chi connectivity index (χ2n) is 9.46. The lowest BCUT2D eigenvalue weighted by atomic mass is 10.1. The minimum atomic E-state index is -0.280. The van der Waals surface area contributed by atoms with Crippen LogP contribution >= 0.6 is 0 Å². The van der Waals surface area contributed by atoms with Crippen molar-refractivity contribution in [3.8, 4) is 0 Å². The Morgan fingerprint density at radius 1 is 0.892 bits per heavy atom. The molecular formula is C28H30N6O3. The summed E-state index contributed by atoms with van der Waals surface area (Å²) in [4.78, 5) is 52.3. The maximum atomic E-state index is 12.8. The Kier molecular flexibility index (Phi) is 6.85. The fourth-order valence-electron chi connectivity index (χ4n) is 4.71. The summed E-state index contributed by atoms with van der Waals surface area (Å²) < 4.78 is 0. The largest absolute Gasteiger partial charge is 0.353 e. The summed E-state index contributed by atoms with van der Waals surface area (Å²) in [5, 5.41) is 3.27. The van der Waals surface area contributed by atoms with Crippen LogP contribution in [0.25, 0.3) is 0 Å². The number of fused-ring (bicyclic) bond motifs is 1. The number of amides is 3. The van der Waals surface area contributed by atoms with Gasteiger partial charge in [-0.05, 0) is 44.5 Å². The molecule has 3 amide bonds. The van der Waals surface area contributed by atoms with Crippen LogP contribution in [0, 0.1) is 13.8 Å². The fourth-order valence-corrected chi connectivity index (χ4v) is 4.71. The molecule has 0 bridgehead atoms. The number of carbonyl (C=O) groups is 3. The first kappa shape index (κ1) is 24.4. The lowest BCUT2D eigenvalue weighted by Crippen LogP contribution is -2.49. The van der Waals surface area contributed by atoms with Crippen LogP contribution in [0.15, 0.2) is 54.6 Å². The Labute approximate surface area is 216 Å². The molecule has 0 atom stereocenters. The molecule has 3 heterocycles. The van der Waals surface area contributed by atoms with Crippen LogP contribution in [-0.4, -0.2) is 70.2 Å². The number of nitrogens with zero attached hydrogens (tertiary/aromatic N) is 5. The second-order valence-corrected chi connectivity index (χ2v) is 9.46. The maximum absolute atomic E-state index is 12.8. The van der Waals surface area contributed by atoms with Crippen LogP contribution in [0.5, 0.6) is 0 Å². The molecular weight excluding hydrogens is 468 g/mol. The fraction of sp³-hybridized carbons (Fsp3) is 0.321. The number of anilines is 3. The molecule has 9 nitrogen and oxygen atoms in total. The molecule has 1 saturated heterocycles. The molecule has 0 aliphatic carbocycles. The molecule has 9 heteroatoms. The number of piperazine rings is 1. The van der Waals surface area contributed by atoms with Crippen molar-refractivity contribution in [2.75, 3.05) is 42.9 Å². The number of aryl methyl sites for hydroxylation is 2. The van der Waals surface area contributed by atoms with E-state index < -0.39 is 0 Å². The molecule has 190 valence electrons. The van der Waals surface area contributed by atoms with Crippen molar-refractivity contribution in [2.24, 2.45) is 0 Å². The molecule has 1 N–H and O–H groups in total. The van der Waals surface area contributed by atoms with Gasteiger partial charge in [0.2, 0.25) is 11.9 Å². The molecule has 0 radical (unpaired) electrons. The molecule has 2 aliphatic heterocycles. The number of hydrogen-bond donors (Lipinski definition) is 1. The van der Waals surface area contributed by atoms with Crippen LogP contribution in [0.3, 0.4) is 0 Å². The normalized spacial score (nSPS) is 15.2. The molecule has 0 unspecified atom stereocenters. The molecule has 0 saturated carbocycles. The Hall–Kier alpha value is -4.27. The number of benzene rings is 2. The van der Waals surface area contributed by atoms with E-state index in [1.54, 1.807) is 24.3 Å². The van der Waals surface area contributed by atoms with E-state index in [-0.39, 0.29) is 24.3 Å². The third-order valence-electron chi connectivity index (χ3n) is 6.76. The van der Waals surface area contributed by atoms with Gasteiger partial charge < -0.3 is 15.1 Å². The smallest absolute Gasteiger partial charge is 0.261 e. The SMILES string of the molecule is Cc1ccc(Nc2nc(C)cc(N3CCN(C(=O)CCCN4C(=O)c5ccccc5C4=O)CC3)n2)cc1. The Morgan fingerprint density at radius 2 is 1.54 bits per heavy atom. The van der Waals surface area contributed by atoms with Crippen LogP contribution in [0.1, 0.15) is 44.8 Å². The standard InChI is InChI=1S/C28H30N6O3/c1-19-9-11-21(12-10-19)30-28-29-20(2)18-24(31-28)32-14-16-33(17-15-32)25(35)8-5-13-34-26(36)22-6-3-4-7-23(22)27(34)37/h3-4,6-7,9-12,18H,5,8,13-17H2,1-2H3,(H,29,30,31). The van der Waals surface area contributed by atoms with E-state index in [0.717, 1.165) is 17.2 Å². The van der Waals surface area contributed by atoms with Gasteiger partial charge in [0, 0.05) is 56.6 Å². The lowest BCUT2D eigenvalue weighted by molar-refractivity contribution is -0.131. The molecule has 5 rings (SSSR count). The van der Waals surface area contributed by atoms with Gasteiger partial charge in [-0.3, -0.25) is 19.3 Å². The highest BCUT2D eigenvalue weighted by molar-refractivity contribution is 6.21. The second kappa shape index (κ2) is 10.4. The first-order valence-electron chi connectivity index (χ1n) is 12.6. The zero-order chi connectivity index (χ0) is 25.9. The predicted octanol–water partition coefficient (Wildman–Crippen LogP) is 3.56. The van der Waals surface area contributed by atoms with Crippen LogP contribution in [-0.2, 0) is 4.79 Å². The van der Waals surface area contributed by atoms with Gasteiger partial charge in [-0.15, -0.1) is 0 Å². The molecule has 37 heavy (non-hydrogen) atoms. The number of rotatable bonds is 7. The third-order valence-corrected chi connectivity index (χ3v) is 6.76. The van der Waals surface area contributed by atoms with Crippen molar-refractivity contribution in [2.45, 2.75) is 26.7 Å². The zero-order valence-corrected chi connectivity index (χ0v) is 21.1. The van der Waals surface area contributed by atoms with Crippen molar-refractivity contribution in [1.29, 1.82) is 0 Å². The third kappa shape index (κ3) is 5.30. The topological polar surface area (TPSA) is 98.7 Å². The van der Waals surface area contributed by atoms with E-state index in [1.807, 2.05) is 49.1 Å². The van der Waals surface area contributed by atoms with Gasteiger partial charge in [0.15, 0.2) is 0 Å². The average molecular weight is 499 g/mol. The molecule has 2 aromatic carbocycles. The van der Waals surface area contributed by atoms with Gasteiger partial charge in [0.25, 0.3) is 11.8 Å². The van der Waals surface area contributed by atoms with E-state index in [4.69, 9.17) is 4.98 Å². The minimum absolute atomic E-state index is 0.0388.